The monoisotopic (exact) mass is 252 g/mol. The Morgan fingerprint density at radius 3 is 2.06 bits per heavy atom. The van der Waals surface area contributed by atoms with Crippen LogP contribution >= 0.6 is 0 Å². The van der Waals surface area contributed by atoms with Crippen LogP contribution in [0.25, 0.3) is 0 Å². The predicted octanol–water partition coefficient (Wildman–Crippen LogP) is 3.61. The number of likely N-dealkylation sites (tertiary alicyclic amines) is 1. The zero-order valence-electron chi connectivity index (χ0n) is 12.5. The number of rotatable bonds is 2. The average Bonchev–Trinajstić information content (AvgIpc) is 2.47. The van der Waals surface area contributed by atoms with Crippen molar-refractivity contribution < 1.29 is 4.74 Å². The van der Waals surface area contributed by atoms with E-state index in [-0.39, 0.29) is 0 Å². The molecule has 1 saturated heterocycles. The molecule has 1 fully saturated rings. The van der Waals surface area contributed by atoms with Crippen molar-refractivity contribution in [2.75, 3.05) is 20.1 Å². The molecule has 1 aromatic rings. The molecule has 1 aromatic heterocycles. The lowest BCUT2D eigenvalue weighted by Crippen LogP contribution is -2.35. The zero-order valence-corrected chi connectivity index (χ0v) is 12.5. The maximum absolute atomic E-state index is 5.84. The van der Waals surface area contributed by atoms with Gasteiger partial charge in [-0.15, -0.1) is 0 Å². The molecule has 18 heavy (non-hydrogen) atoms. The normalized spacial score (nSPS) is 15.8. The maximum Gasteiger partial charge on any atom is 0.122 e. The summed E-state index contributed by atoms with van der Waals surface area (Å²) in [4.78, 5) is 6.30. The molecule has 0 N–H and O–H groups in total. The van der Waals surface area contributed by atoms with E-state index in [0.717, 1.165) is 31.7 Å². The third-order valence-corrected chi connectivity index (χ3v) is 2.62. The van der Waals surface area contributed by atoms with Gasteiger partial charge < -0.3 is 9.64 Å². The van der Waals surface area contributed by atoms with Crippen LogP contribution < -0.4 is 4.74 Å². The zero-order chi connectivity index (χ0) is 13.8. The molecule has 104 valence electrons. The summed E-state index contributed by atoms with van der Waals surface area (Å²) in [5.41, 5.74) is 0. The van der Waals surface area contributed by atoms with Gasteiger partial charge in [0.25, 0.3) is 0 Å². The molecule has 0 radical (unpaired) electrons. The topological polar surface area (TPSA) is 25.4 Å². The second-order valence-electron chi connectivity index (χ2n) is 3.80. The van der Waals surface area contributed by atoms with Crippen LogP contribution in [-0.2, 0) is 0 Å². The minimum atomic E-state index is 0.383. The van der Waals surface area contributed by atoms with Gasteiger partial charge in [-0.1, -0.05) is 27.7 Å². The van der Waals surface area contributed by atoms with Crippen LogP contribution in [0.15, 0.2) is 24.5 Å². The number of aromatic nitrogens is 1. The fraction of sp³-hybridized carbons (Fsp3) is 0.667. The lowest BCUT2D eigenvalue weighted by atomic mass is 10.1. The molecule has 0 spiro atoms. The van der Waals surface area contributed by atoms with Gasteiger partial charge in [-0.25, -0.2) is 0 Å². The smallest absolute Gasteiger partial charge is 0.122 e. The third-order valence-electron chi connectivity index (χ3n) is 2.62. The molecule has 0 atom stereocenters. The van der Waals surface area contributed by atoms with Crippen molar-refractivity contribution >= 4 is 0 Å². The van der Waals surface area contributed by atoms with Crippen LogP contribution in [0.3, 0.4) is 0 Å². The minimum absolute atomic E-state index is 0.383. The standard InChI is InChI=1S/C11H16N2O.2C2H6/c1-13-8-4-11(5-9-13)14-10-2-6-12-7-3-10;2*1-2/h2-3,6-7,11H,4-5,8-9H2,1H3;2*1-2H3. The van der Waals surface area contributed by atoms with Crippen molar-refractivity contribution in [3.63, 3.8) is 0 Å². The van der Waals surface area contributed by atoms with Gasteiger partial charge in [0.15, 0.2) is 0 Å². The molecular formula is C15H28N2O. The van der Waals surface area contributed by atoms with Gasteiger partial charge in [-0.2, -0.15) is 0 Å². The molecule has 3 heteroatoms. The Balaban J connectivity index is 0.000000659. The summed E-state index contributed by atoms with van der Waals surface area (Å²) in [5.74, 6) is 0.939. The number of hydrogen-bond donors (Lipinski definition) is 0. The molecule has 3 nitrogen and oxygen atoms in total. The van der Waals surface area contributed by atoms with Crippen LogP contribution in [0.2, 0.25) is 0 Å². The Labute approximate surface area is 112 Å². The SMILES string of the molecule is CC.CC.CN1CCC(Oc2ccncc2)CC1. The summed E-state index contributed by atoms with van der Waals surface area (Å²) < 4.78 is 5.84. The number of ether oxygens (including phenoxy) is 1. The highest BCUT2D eigenvalue weighted by Gasteiger charge is 2.17. The van der Waals surface area contributed by atoms with Crippen molar-refractivity contribution in [3.8, 4) is 5.75 Å². The lowest BCUT2D eigenvalue weighted by molar-refractivity contribution is 0.114. The summed E-state index contributed by atoms with van der Waals surface area (Å²) >= 11 is 0. The van der Waals surface area contributed by atoms with E-state index < -0.39 is 0 Å². The van der Waals surface area contributed by atoms with Crippen molar-refractivity contribution in [2.24, 2.45) is 0 Å². The van der Waals surface area contributed by atoms with Gasteiger partial charge >= 0.3 is 0 Å². The molecular weight excluding hydrogens is 224 g/mol. The fourth-order valence-electron chi connectivity index (χ4n) is 1.71. The number of hydrogen-bond acceptors (Lipinski definition) is 3. The van der Waals surface area contributed by atoms with E-state index in [1.165, 1.54) is 0 Å². The summed E-state index contributed by atoms with van der Waals surface area (Å²) in [5, 5.41) is 0. The van der Waals surface area contributed by atoms with Crippen molar-refractivity contribution in [3.05, 3.63) is 24.5 Å². The molecule has 0 saturated carbocycles. The van der Waals surface area contributed by atoms with Gasteiger partial charge in [0, 0.05) is 25.5 Å². The Kier molecular flexibility index (Phi) is 10.4. The van der Waals surface area contributed by atoms with Crippen LogP contribution in [0.4, 0.5) is 0 Å². The molecule has 0 aromatic carbocycles. The Hall–Kier alpha value is -1.09. The highest BCUT2D eigenvalue weighted by atomic mass is 16.5. The fourth-order valence-corrected chi connectivity index (χ4v) is 1.71. The van der Waals surface area contributed by atoms with E-state index in [1.54, 1.807) is 12.4 Å². The molecule has 1 aliphatic rings. The maximum atomic E-state index is 5.84. The van der Waals surface area contributed by atoms with Gasteiger partial charge in [0.2, 0.25) is 0 Å². The Morgan fingerprint density at radius 1 is 1.06 bits per heavy atom. The highest BCUT2D eigenvalue weighted by Crippen LogP contribution is 2.16. The summed E-state index contributed by atoms with van der Waals surface area (Å²) in [6.45, 7) is 10.3. The van der Waals surface area contributed by atoms with Crippen molar-refractivity contribution in [2.45, 2.75) is 46.6 Å². The number of nitrogens with zero attached hydrogens (tertiary/aromatic N) is 2. The average molecular weight is 252 g/mol. The van der Waals surface area contributed by atoms with E-state index in [2.05, 4.69) is 16.9 Å². The summed E-state index contributed by atoms with van der Waals surface area (Å²) in [6.07, 6.45) is 6.17. The first-order valence-corrected chi connectivity index (χ1v) is 7.10. The first kappa shape index (κ1) is 16.9. The molecule has 2 rings (SSSR count). The quantitative estimate of drug-likeness (QED) is 0.804. The van der Waals surface area contributed by atoms with Crippen LogP contribution in [-0.4, -0.2) is 36.1 Å². The van der Waals surface area contributed by atoms with E-state index in [9.17, 15) is 0 Å². The molecule has 2 heterocycles. The number of piperidine rings is 1. The van der Waals surface area contributed by atoms with E-state index in [0.29, 0.717) is 6.10 Å². The Bertz CT molecular complexity index is 269. The van der Waals surface area contributed by atoms with Crippen LogP contribution in [0, 0.1) is 0 Å². The summed E-state index contributed by atoms with van der Waals surface area (Å²) in [7, 11) is 2.16. The van der Waals surface area contributed by atoms with Gasteiger partial charge in [0.1, 0.15) is 11.9 Å². The molecule has 0 unspecified atom stereocenters. The second kappa shape index (κ2) is 11.0. The van der Waals surface area contributed by atoms with Crippen LogP contribution in [0.1, 0.15) is 40.5 Å². The van der Waals surface area contributed by atoms with Gasteiger partial charge in [-0.05, 0) is 32.0 Å². The first-order chi connectivity index (χ1) is 8.84. The Morgan fingerprint density at radius 2 is 1.56 bits per heavy atom. The van der Waals surface area contributed by atoms with Crippen molar-refractivity contribution in [1.29, 1.82) is 0 Å². The van der Waals surface area contributed by atoms with Gasteiger partial charge in [0.05, 0.1) is 0 Å². The second-order valence-corrected chi connectivity index (χ2v) is 3.80. The lowest BCUT2D eigenvalue weighted by Gasteiger charge is -2.29. The van der Waals surface area contributed by atoms with Crippen molar-refractivity contribution in [1.82, 2.24) is 9.88 Å². The molecule has 0 aliphatic carbocycles. The number of pyridine rings is 1. The van der Waals surface area contributed by atoms with E-state index in [1.807, 2.05) is 39.8 Å². The van der Waals surface area contributed by atoms with Crippen LogP contribution in [0.5, 0.6) is 5.75 Å². The summed E-state index contributed by atoms with van der Waals surface area (Å²) in [6, 6.07) is 3.83. The minimum Gasteiger partial charge on any atom is -0.490 e. The predicted molar refractivity (Wildman–Crippen MR) is 78.1 cm³/mol. The van der Waals surface area contributed by atoms with Gasteiger partial charge in [-0.3, -0.25) is 4.98 Å². The highest BCUT2D eigenvalue weighted by molar-refractivity contribution is 5.17. The first-order valence-electron chi connectivity index (χ1n) is 7.10. The van der Waals surface area contributed by atoms with E-state index >= 15 is 0 Å². The molecule has 0 amide bonds. The largest absolute Gasteiger partial charge is 0.490 e. The molecule has 1 aliphatic heterocycles. The van der Waals surface area contributed by atoms with E-state index in [4.69, 9.17) is 4.74 Å². The molecule has 0 bridgehead atoms. The third kappa shape index (κ3) is 6.60.